The van der Waals surface area contributed by atoms with E-state index in [1.54, 1.807) is 18.2 Å². The molecule has 5 heteroatoms. The lowest BCUT2D eigenvalue weighted by Crippen LogP contribution is -2.17. The number of hydrogen-bond donors (Lipinski definition) is 1. The minimum atomic E-state index is -0.461. The fraction of sp³-hybridized carbons (Fsp3) is 0.238. The zero-order valence-corrected chi connectivity index (χ0v) is 14.3. The van der Waals surface area contributed by atoms with E-state index in [9.17, 15) is 14.0 Å². The smallest absolute Gasteiger partial charge is 0.338 e. The lowest BCUT2D eigenvalue weighted by atomic mass is 9.82. The highest BCUT2D eigenvalue weighted by Gasteiger charge is 2.31. The molecule has 4 nitrogen and oxygen atoms in total. The van der Waals surface area contributed by atoms with Crippen molar-refractivity contribution in [2.24, 2.45) is 0 Å². The van der Waals surface area contributed by atoms with Crippen molar-refractivity contribution in [1.82, 2.24) is 4.98 Å². The zero-order chi connectivity index (χ0) is 18.3. The van der Waals surface area contributed by atoms with Gasteiger partial charge in [-0.15, -0.1) is 0 Å². The normalized spacial score (nSPS) is 16.5. The van der Waals surface area contributed by atoms with E-state index in [1.807, 2.05) is 12.1 Å². The number of nitrogens with one attached hydrogen (secondary N) is 1. The van der Waals surface area contributed by atoms with Gasteiger partial charge in [0.25, 0.3) is 0 Å². The molecule has 2 aromatic carbocycles. The highest BCUT2D eigenvalue weighted by molar-refractivity contribution is 6.16. The number of methoxy groups -OCH3 is 1. The monoisotopic (exact) mass is 351 g/mol. The molecule has 4 rings (SSSR count). The standard InChI is InChI=1S/C21H18FNO3/c1-26-21(25)15-6-3-7-16-18(15)19-17(24)9-8-13(20(19)23-16)10-12-4-2-5-14(22)11-12/h2-7,11,13,23H,8-10H2,1H3. The Kier molecular flexibility index (Phi) is 4.07. The molecule has 132 valence electrons. The molecule has 3 aromatic rings. The molecule has 1 aliphatic carbocycles. The van der Waals surface area contributed by atoms with Gasteiger partial charge in [0.05, 0.1) is 12.7 Å². The number of benzene rings is 2. The van der Waals surface area contributed by atoms with Gasteiger partial charge in [0, 0.05) is 34.5 Å². The fourth-order valence-corrected chi connectivity index (χ4v) is 3.87. The second-order valence-corrected chi connectivity index (χ2v) is 6.63. The van der Waals surface area contributed by atoms with Crippen LogP contribution in [0.25, 0.3) is 10.9 Å². The first-order chi connectivity index (χ1) is 12.6. The van der Waals surface area contributed by atoms with Gasteiger partial charge in [0.2, 0.25) is 0 Å². The third kappa shape index (κ3) is 2.69. The van der Waals surface area contributed by atoms with Crippen LogP contribution < -0.4 is 0 Å². The quantitative estimate of drug-likeness (QED) is 0.712. The summed E-state index contributed by atoms with van der Waals surface area (Å²) in [6, 6.07) is 11.8. The van der Waals surface area contributed by atoms with Gasteiger partial charge >= 0.3 is 5.97 Å². The van der Waals surface area contributed by atoms with Gasteiger partial charge in [-0.3, -0.25) is 4.79 Å². The highest BCUT2D eigenvalue weighted by atomic mass is 19.1. The van der Waals surface area contributed by atoms with Crippen LogP contribution in [0.4, 0.5) is 4.39 Å². The van der Waals surface area contributed by atoms with Crippen molar-refractivity contribution in [2.75, 3.05) is 7.11 Å². The summed E-state index contributed by atoms with van der Waals surface area (Å²) < 4.78 is 18.4. The molecule has 0 amide bonds. The minimum Gasteiger partial charge on any atom is -0.465 e. The second kappa shape index (κ2) is 6.41. The maximum atomic E-state index is 13.5. The molecule has 1 aromatic heterocycles. The van der Waals surface area contributed by atoms with Crippen molar-refractivity contribution in [2.45, 2.75) is 25.2 Å². The van der Waals surface area contributed by atoms with Crippen LogP contribution >= 0.6 is 0 Å². The lowest BCUT2D eigenvalue weighted by Gasteiger charge is -2.22. The number of ketones is 1. The first kappa shape index (κ1) is 16.5. The SMILES string of the molecule is COC(=O)c1cccc2[nH]c3c(c12)C(=O)CCC3Cc1cccc(F)c1. The van der Waals surface area contributed by atoms with Gasteiger partial charge in [-0.2, -0.15) is 0 Å². The molecule has 26 heavy (non-hydrogen) atoms. The average molecular weight is 351 g/mol. The number of H-pyrrole nitrogens is 1. The predicted molar refractivity (Wildman–Crippen MR) is 96.0 cm³/mol. The van der Waals surface area contributed by atoms with Crippen LogP contribution in [0.2, 0.25) is 0 Å². The summed E-state index contributed by atoms with van der Waals surface area (Å²) in [5.41, 5.74) is 3.44. The van der Waals surface area contributed by atoms with Crippen molar-refractivity contribution in [3.63, 3.8) is 0 Å². The third-order valence-electron chi connectivity index (χ3n) is 5.04. The molecule has 0 saturated heterocycles. The summed E-state index contributed by atoms with van der Waals surface area (Å²) in [6.07, 6.45) is 1.75. The van der Waals surface area contributed by atoms with Gasteiger partial charge in [-0.1, -0.05) is 18.2 Å². The second-order valence-electron chi connectivity index (χ2n) is 6.63. The third-order valence-corrected chi connectivity index (χ3v) is 5.04. The van der Waals surface area contributed by atoms with Gasteiger partial charge in [-0.05, 0) is 42.7 Å². The molecule has 0 saturated carbocycles. The number of hydrogen-bond acceptors (Lipinski definition) is 3. The number of carbonyl (C=O) groups excluding carboxylic acids is 2. The van der Waals surface area contributed by atoms with Crippen LogP contribution in [-0.4, -0.2) is 23.8 Å². The number of fused-ring (bicyclic) bond motifs is 3. The topological polar surface area (TPSA) is 59.2 Å². The summed E-state index contributed by atoms with van der Waals surface area (Å²) >= 11 is 0. The van der Waals surface area contributed by atoms with E-state index in [2.05, 4.69) is 4.98 Å². The van der Waals surface area contributed by atoms with Crippen LogP contribution in [0.5, 0.6) is 0 Å². The van der Waals surface area contributed by atoms with Crippen molar-refractivity contribution >= 4 is 22.7 Å². The fourth-order valence-electron chi connectivity index (χ4n) is 3.87. The molecule has 0 fully saturated rings. The number of carbonyl (C=O) groups is 2. The Bertz CT molecular complexity index is 1020. The summed E-state index contributed by atoms with van der Waals surface area (Å²) in [4.78, 5) is 28.1. The summed E-state index contributed by atoms with van der Waals surface area (Å²) in [5.74, 6) is -0.628. The van der Waals surface area contributed by atoms with Crippen molar-refractivity contribution in [1.29, 1.82) is 0 Å². The molecule has 1 aliphatic rings. The summed E-state index contributed by atoms with van der Waals surface area (Å²) in [5, 5.41) is 0.628. The molecule has 0 spiro atoms. The maximum Gasteiger partial charge on any atom is 0.338 e. The Labute approximate surface area is 150 Å². The van der Waals surface area contributed by atoms with Crippen LogP contribution in [0.1, 0.15) is 50.7 Å². The molecule has 0 radical (unpaired) electrons. The highest BCUT2D eigenvalue weighted by Crippen LogP contribution is 2.39. The van der Waals surface area contributed by atoms with E-state index in [4.69, 9.17) is 4.74 Å². The summed E-state index contributed by atoms with van der Waals surface area (Å²) in [6.45, 7) is 0. The van der Waals surface area contributed by atoms with Gasteiger partial charge < -0.3 is 9.72 Å². The molecule has 1 atom stereocenters. The molecular formula is C21H18FNO3. The number of ether oxygens (including phenoxy) is 1. The molecule has 1 N–H and O–H groups in total. The Balaban J connectivity index is 1.84. The number of rotatable bonds is 3. The number of aromatic amines is 1. The van der Waals surface area contributed by atoms with E-state index >= 15 is 0 Å². The van der Waals surface area contributed by atoms with Crippen LogP contribution in [-0.2, 0) is 11.2 Å². The van der Waals surface area contributed by atoms with Gasteiger partial charge in [0.1, 0.15) is 5.82 Å². The van der Waals surface area contributed by atoms with E-state index < -0.39 is 5.97 Å². The van der Waals surface area contributed by atoms with E-state index in [1.165, 1.54) is 19.2 Å². The zero-order valence-electron chi connectivity index (χ0n) is 14.3. The Morgan fingerprint density at radius 1 is 1.27 bits per heavy atom. The van der Waals surface area contributed by atoms with E-state index in [-0.39, 0.29) is 17.5 Å². The van der Waals surface area contributed by atoms with Crippen molar-refractivity contribution in [3.8, 4) is 0 Å². The van der Waals surface area contributed by atoms with Crippen molar-refractivity contribution in [3.05, 3.63) is 70.7 Å². The largest absolute Gasteiger partial charge is 0.465 e. The first-order valence-electron chi connectivity index (χ1n) is 8.59. The van der Waals surface area contributed by atoms with Gasteiger partial charge in [0.15, 0.2) is 5.78 Å². The summed E-state index contributed by atoms with van der Waals surface area (Å²) in [7, 11) is 1.33. The minimum absolute atomic E-state index is 0.0260. The lowest BCUT2D eigenvalue weighted by molar-refractivity contribution is 0.0603. The molecular weight excluding hydrogens is 333 g/mol. The van der Waals surface area contributed by atoms with Crippen LogP contribution in [0.15, 0.2) is 42.5 Å². The number of Topliss-reactive ketones (excluding diaryl/α,β-unsaturated/α-hetero) is 1. The Morgan fingerprint density at radius 2 is 2.08 bits per heavy atom. The van der Waals surface area contributed by atoms with Crippen LogP contribution in [0.3, 0.4) is 0 Å². The molecule has 1 unspecified atom stereocenters. The molecule has 0 aliphatic heterocycles. The number of aromatic nitrogens is 1. The number of esters is 1. The van der Waals surface area contributed by atoms with E-state index in [0.717, 1.165) is 16.8 Å². The predicted octanol–water partition coefficient (Wildman–Crippen LogP) is 4.40. The maximum absolute atomic E-state index is 13.5. The van der Waals surface area contributed by atoms with Crippen LogP contribution in [0, 0.1) is 5.82 Å². The van der Waals surface area contributed by atoms with Gasteiger partial charge in [-0.25, -0.2) is 9.18 Å². The molecule has 1 heterocycles. The molecule has 0 bridgehead atoms. The number of halogens is 1. The average Bonchev–Trinajstić information content (AvgIpc) is 3.04. The van der Waals surface area contributed by atoms with E-state index in [0.29, 0.717) is 35.8 Å². The Morgan fingerprint density at radius 3 is 2.85 bits per heavy atom. The first-order valence-corrected chi connectivity index (χ1v) is 8.59. The van der Waals surface area contributed by atoms with Crippen molar-refractivity contribution < 1.29 is 18.7 Å². The Hall–Kier alpha value is -2.95.